The normalized spacial score (nSPS) is 11.2. The minimum Gasteiger partial charge on any atom is -0.506 e. The predicted molar refractivity (Wildman–Crippen MR) is 46.6 cm³/mol. The van der Waals surface area contributed by atoms with Crippen LogP contribution in [0.15, 0.2) is 12.3 Å². The summed E-state index contributed by atoms with van der Waals surface area (Å²) in [5.41, 5.74) is -1.22. The van der Waals surface area contributed by atoms with Crippen LogP contribution in [0.25, 0.3) is 0 Å². The molecular weight excluding hydrogens is 227 g/mol. The molecule has 1 N–H and O–H groups in total. The molecule has 0 amide bonds. The molecule has 0 spiro atoms. The number of hydrogen-bond donors (Lipinski definition) is 1. The highest BCUT2D eigenvalue weighted by Gasteiger charge is 2.31. The Morgan fingerprint density at radius 2 is 2.19 bits per heavy atom. The van der Waals surface area contributed by atoms with Gasteiger partial charge in [0.05, 0.1) is 24.8 Å². The van der Waals surface area contributed by atoms with E-state index in [1.54, 1.807) is 0 Å². The molecule has 1 rings (SSSR count). The zero-order chi connectivity index (χ0) is 12.3. The van der Waals surface area contributed by atoms with E-state index >= 15 is 0 Å². The first-order valence-electron chi connectivity index (χ1n) is 4.16. The Bertz CT molecular complexity index is 403. The highest BCUT2D eigenvalue weighted by atomic mass is 19.4. The standard InChI is InChI=1S/C9H8F3NO3/c1-16-8(15)3-6-7(14)2-5(4-13-6)9(10,11)12/h2,4,14H,3H2,1H3. The van der Waals surface area contributed by atoms with Crippen LogP contribution in [0.5, 0.6) is 5.75 Å². The number of methoxy groups -OCH3 is 1. The highest BCUT2D eigenvalue weighted by Crippen LogP contribution is 2.31. The molecule has 0 aliphatic carbocycles. The van der Waals surface area contributed by atoms with Crippen LogP contribution >= 0.6 is 0 Å². The molecule has 0 aliphatic rings. The largest absolute Gasteiger partial charge is 0.506 e. The molecule has 0 unspecified atom stereocenters. The molecule has 0 atom stereocenters. The monoisotopic (exact) mass is 235 g/mol. The lowest BCUT2D eigenvalue weighted by Crippen LogP contribution is -2.09. The van der Waals surface area contributed by atoms with Crippen molar-refractivity contribution in [1.82, 2.24) is 4.98 Å². The Morgan fingerprint density at radius 3 is 2.62 bits per heavy atom. The summed E-state index contributed by atoms with van der Waals surface area (Å²) in [7, 11) is 1.13. The van der Waals surface area contributed by atoms with E-state index in [1.165, 1.54) is 0 Å². The van der Waals surface area contributed by atoms with Crippen LogP contribution in [-0.2, 0) is 22.1 Å². The van der Waals surface area contributed by atoms with Gasteiger partial charge in [-0.15, -0.1) is 0 Å². The molecule has 16 heavy (non-hydrogen) atoms. The minimum atomic E-state index is -4.58. The molecule has 0 fully saturated rings. The van der Waals surface area contributed by atoms with Gasteiger partial charge in [-0.2, -0.15) is 13.2 Å². The summed E-state index contributed by atoms with van der Waals surface area (Å²) in [5, 5.41) is 9.23. The van der Waals surface area contributed by atoms with Gasteiger partial charge in [0, 0.05) is 6.20 Å². The third kappa shape index (κ3) is 2.85. The Balaban J connectivity index is 2.96. The topological polar surface area (TPSA) is 59.4 Å². The van der Waals surface area contributed by atoms with Gasteiger partial charge in [-0.25, -0.2) is 0 Å². The molecular formula is C9H8F3NO3. The van der Waals surface area contributed by atoms with E-state index in [4.69, 9.17) is 0 Å². The summed E-state index contributed by atoms with van der Waals surface area (Å²) in [5.74, 6) is -1.37. The SMILES string of the molecule is COC(=O)Cc1ncc(C(F)(F)F)cc1O. The number of aromatic nitrogens is 1. The fourth-order valence-electron chi connectivity index (χ4n) is 0.982. The second-order valence-electron chi connectivity index (χ2n) is 2.94. The summed E-state index contributed by atoms with van der Waals surface area (Å²) < 4.78 is 40.9. The van der Waals surface area contributed by atoms with Crippen molar-refractivity contribution in [2.75, 3.05) is 7.11 Å². The van der Waals surface area contributed by atoms with Crippen molar-refractivity contribution in [2.24, 2.45) is 0 Å². The van der Waals surface area contributed by atoms with Gasteiger partial charge in [0.15, 0.2) is 0 Å². The van der Waals surface area contributed by atoms with Crippen LogP contribution in [0, 0.1) is 0 Å². The van der Waals surface area contributed by atoms with E-state index in [2.05, 4.69) is 9.72 Å². The average molecular weight is 235 g/mol. The van der Waals surface area contributed by atoms with Gasteiger partial charge < -0.3 is 9.84 Å². The number of aromatic hydroxyl groups is 1. The molecule has 0 aliphatic heterocycles. The molecule has 0 saturated heterocycles. The number of carbonyl (C=O) groups excluding carboxylic acids is 1. The summed E-state index contributed by atoms with van der Waals surface area (Å²) in [6.45, 7) is 0. The van der Waals surface area contributed by atoms with E-state index in [0.29, 0.717) is 12.3 Å². The zero-order valence-electron chi connectivity index (χ0n) is 8.21. The van der Waals surface area contributed by atoms with Crippen molar-refractivity contribution in [3.63, 3.8) is 0 Å². The lowest BCUT2D eigenvalue weighted by atomic mass is 10.2. The summed E-state index contributed by atoms with van der Waals surface area (Å²) in [6.07, 6.45) is -4.40. The number of rotatable bonds is 2. The Morgan fingerprint density at radius 1 is 1.56 bits per heavy atom. The van der Waals surface area contributed by atoms with Crippen molar-refractivity contribution < 1.29 is 27.8 Å². The van der Waals surface area contributed by atoms with Crippen molar-refractivity contribution in [3.05, 3.63) is 23.5 Å². The molecule has 0 aromatic carbocycles. The van der Waals surface area contributed by atoms with E-state index in [9.17, 15) is 23.1 Å². The quantitative estimate of drug-likeness (QED) is 0.789. The maximum Gasteiger partial charge on any atom is 0.418 e. The molecule has 4 nitrogen and oxygen atoms in total. The Kier molecular flexibility index (Phi) is 3.36. The van der Waals surface area contributed by atoms with Crippen molar-refractivity contribution in [2.45, 2.75) is 12.6 Å². The second-order valence-corrected chi connectivity index (χ2v) is 2.94. The lowest BCUT2D eigenvalue weighted by molar-refractivity contribution is -0.139. The molecule has 88 valence electrons. The van der Waals surface area contributed by atoms with Crippen molar-refractivity contribution >= 4 is 5.97 Å². The minimum absolute atomic E-state index is 0.153. The summed E-state index contributed by atoms with van der Waals surface area (Å²) >= 11 is 0. The van der Waals surface area contributed by atoms with Crippen molar-refractivity contribution in [3.8, 4) is 5.75 Å². The number of esters is 1. The van der Waals surface area contributed by atoms with Gasteiger partial charge in [0.25, 0.3) is 0 Å². The third-order valence-corrected chi connectivity index (χ3v) is 1.81. The van der Waals surface area contributed by atoms with Gasteiger partial charge >= 0.3 is 12.1 Å². The first kappa shape index (κ1) is 12.3. The fraction of sp³-hybridized carbons (Fsp3) is 0.333. The number of hydrogen-bond acceptors (Lipinski definition) is 4. The Labute approximate surface area is 88.7 Å². The summed E-state index contributed by atoms with van der Waals surface area (Å²) in [4.78, 5) is 14.2. The number of halogens is 3. The number of pyridine rings is 1. The first-order chi connectivity index (χ1) is 7.34. The molecule has 0 saturated carbocycles. The highest BCUT2D eigenvalue weighted by molar-refractivity contribution is 5.72. The van der Waals surface area contributed by atoms with Crippen LogP contribution in [-0.4, -0.2) is 23.2 Å². The average Bonchev–Trinajstić information content (AvgIpc) is 2.19. The van der Waals surface area contributed by atoms with E-state index < -0.39 is 23.5 Å². The van der Waals surface area contributed by atoms with Crippen LogP contribution < -0.4 is 0 Å². The zero-order valence-corrected chi connectivity index (χ0v) is 8.21. The summed E-state index contributed by atoms with van der Waals surface area (Å²) in [6, 6.07) is 0.519. The van der Waals surface area contributed by atoms with E-state index in [1.807, 2.05) is 0 Å². The van der Waals surface area contributed by atoms with E-state index in [-0.39, 0.29) is 12.1 Å². The second kappa shape index (κ2) is 4.38. The third-order valence-electron chi connectivity index (χ3n) is 1.81. The maximum atomic E-state index is 12.2. The number of alkyl halides is 3. The van der Waals surface area contributed by atoms with Gasteiger partial charge in [0.2, 0.25) is 0 Å². The number of nitrogens with zero attached hydrogens (tertiary/aromatic N) is 1. The smallest absolute Gasteiger partial charge is 0.418 e. The van der Waals surface area contributed by atoms with Crippen LogP contribution in [0.4, 0.5) is 13.2 Å². The van der Waals surface area contributed by atoms with Crippen LogP contribution in [0.3, 0.4) is 0 Å². The van der Waals surface area contributed by atoms with Crippen LogP contribution in [0.2, 0.25) is 0 Å². The van der Waals surface area contributed by atoms with Gasteiger partial charge in [-0.3, -0.25) is 9.78 Å². The molecule has 7 heteroatoms. The van der Waals surface area contributed by atoms with Crippen LogP contribution in [0.1, 0.15) is 11.3 Å². The number of ether oxygens (including phenoxy) is 1. The molecule has 1 aromatic rings. The predicted octanol–water partition coefficient (Wildman–Crippen LogP) is 1.52. The molecule has 0 radical (unpaired) electrons. The molecule has 1 aromatic heterocycles. The maximum absolute atomic E-state index is 12.2. The van der Waals surface area contributed by atoms with E-state index in [0.717, 1.165) is 7.11 Å². The fourth-order valence-corrected chi connectivity index (χ4v) is 0.982. The molecule has 1 heterocycles. The first-order valence-corrected chi connectivity index (χ1v) is 4.16. The number of carbonyl (C=O) groups is 1. The van der Waals surface area contributed by atoms with Gasteiger partial charge in [0.1, 0.15) is 5.75 Å². The van der Waals surface area contributed by atoms with Gasteiger partial charge in [-0.05, 0) is 6.07 Å². The van der Waals surface area contributed by atoms with Crippen molar-refractivity contribution in [1.29, 1.82) is 0 Å². The molecule has 0 bridgehead atoms. The lowest BCUT2D eigenvalue weighted by Gasteiger charge is -2.08. The Hall–Kier alpha value is -1.79. The van der Waals surface area contributed by atoms with Gasteiger partial charge in [-0.1, -0.05) is 0 Å².